The molecule has 7 heteroatoms. The van der Waals surface area contributed by atoms with Crippen LogP contribution < -0.4 is 0 Å². The summed E-state index contributed by atoms with van der Waals surface area (Å²) in [4.78, 5) is 12.2. The zero-order valence-electron chi connectivity index (χ0n) is 9.90. The van der Waals surface area contributed by atoms with Crippen molar-refractivity contribution in [1.82, 2.24) is 0 Å². The van der Waals surface area contributed by atoms with Crippen LogP contribution >= 0.6 is 0 Å². The number of fused-ring (bicyclic) bond motifs is 3. The Morgan fingerprint density at radius 3 is 2.35 bits per heavy atom. The number of allylic oxidation sites excluding steroid dienone is 5. The van der Waals surface area contributed by atoms with E-state index in [-0.39, 0.29) is 9.80 Å². The Morgan fingerprint density at radius 2 is 1.70 bits per heavy atom. The van der Waals surface area contributed by atoms with Gasteiger partial charge in [-0.1, -0.05) is 12.1 Å². The quantitative estimate of drug-likeness (QED) is 0.812. The highest BCUT2D eigenvalue weighted by molar-refractivity contribution is 7.84. The van der Waals surface area contributed by atoms with Crippen molar-refractivity contribution >= 4 is 39.6 Å². The summed E-state index contributed by atoms with van der Waals surface area (Å²) >= 11 is -4.42. The zero-order chi connectivity index (χ0) is 14.4. The van der Waals surface area contributed by atoms with Crippen molar-refractivity contribution < 1.29 is 22.3 Å². The van der Waals surface area contributed by atoms with Gasteiger partial charge in [0.1, 0.15) is 4.91 Å². The van der Waals surface area contributed by atoms with Crippen molar-refractivity contribution in [2.45, 2.75) is 4.90 Å². The molecular weight excluding hydrogens is 300 g/mol. The maximum absolute atomic E-state index is 12.1. The normalized spacial score (nSPS) is 19.5. The van der Waals surface area contributed by atoms with E-state index >= 15 is 0 Å². The molecule has 0 saturated heterocycles. The summed E-state index contributed by atoms with van der Waals surface area (Å²) in [6, 6.07) is 4.71. The second-order valence-corrected chi connectivity index (χ2v) is 6.15. The standard InChI is InChI=1S/C13H8O5S2/c14-13-11-6-7-5-8(19(15)16)1-2-9(7)10(11)3-4-12(13)20(17)18/h1-6H,(H,15,16)(H,17,18). The second-order valence-electron chi connectivity index (χ2n) is 4.25. The van der Waals surface area contributed by atoms with Gasteiger partial charge in [0, 0.05) is 5.57 Å². The molecule has 0 aliphatic heterocycles. The summed E-state index contributed by atoms with van der Waals surface area (Å²) in [5.41, 5.74) is 2.41. The first-order valence-corrected chi connectivity index (χ1v) is 7.75. The van der Waals surface area contributed by atoms with Crippen LogP contribution in [0.4, 0.5) is 0 Å². The average molecular weight is 308 g/mol. The van der Waals surface area contributed by atoms with Crippen molar-refractivity contribution in [2.75, 3.05) is 0 Å². The lowest BCUT2D eigenvalue weighted by Gasteiger charge is -2.11. The molecule has 1 aromatic rings. The van der Waals surface area contributed by atoms with Gasteiger partial charge in [0.2, 0.25) is 5.78 Å². The van der Waals surface area contributed by atoms with Crippen molar-refractivity contribution in [3.8, 4) is 0 Å². The maximum atomic E-state index is 12.1. The third kappa shape index (κ3) is 1.95. The van der Waals surface area contributed by atoms with Crippen LogP contribution in [0.25, 0.3) is 11.6 Å². The Bertz CT molecular complexity index is 786. The van der Waals surface area contributed by atoms with Gasteiger partial charge < -0.3 is 9.11 Å². The summed E-state index contributed by atoms with van der Waals surface area (Å²) in [5, 5.41) is 0. The largest absolute Gasteiger partial charge is 0.302 e. The Balaban J connectivity index is 2.14. The van der Waals surface area contributed by atoms with E-state index in [4.69, 9.17) is 9.11 Å². The Morgan fingerprint density at radius 1 is 0.950 bits per heavy atom. The van der Waals surface area contributed by atoms with Gasteiger partial charge in [-0.15, -0.1) is 0 Å². The lowest BCUT2D eigenvalue weighted by atomic mass is 9.96. The number of benzene rings is 1. The van der Waals surface area contributed by atoms with Gasteiger partial charge in [0.25, 0.3) is 0 Å². The molecule has 1 aromatic carbocycles. The van der Waals surface area contributed by atoms with Gasteiger partial charge in [-0.2, -0.15) is 0 Å². The summed E-state index contributed by atoms with van der Waals surface area (Å²) in [6.07, 6.45) is 4.51. The molecule has 3 rings (SSSR count). The van der Waals surface area contributed by atoms with Gasteiger partial charge in [0.05, 0.1) is 4.90 Å². The number of carbonyl (C=O) groups is 1. The van der Waals surface area contributed by atoms with E-state index in [1.54, 1.807) is 18.2 Å². The van der Waals surface area contributed by atoms with E-state index < -0.39 is 27.9 Å². The fraction of sp³-hybridized carbons (Fsp3) is 0. The Labute approximate surface area is 119 Å². The highest BCUT2D eigenvalue weighted by Gasteiger charge is 2.30. The molecule has 102 valence electrons. The molecule has 0 bridgehead atoms. The molecule has 0 amide bonds. The van der Waals surface area contributed by atoms with Crippen LogP contribution in [0, 0.1) is 0 Å². The maximum Gasteiger partial charge on any atom is 0.204 e. The molecule has 0 fully saturated rings. The molecule has 0 heterocycles. The van der Waals surface area contributed by atoms with Gasteiger partial charge in [-0.05, 0) is 41.0 Å². The van der Waals surface area contributed by atoms with Crippen LogP contribution in [-0.4, -0.2) is 23.3 Å². The van der Waals surface area contributed by atoms with Crippen LogP contribution in [0.5, 0.6) is 0 Å². The third-order valence-electron chi connectivity index (χ3n) is 3.16. The zero-order valence-corrected chi connectivity index (χ0v) is 11.5. The lowest BCUT2D eigenvalue weighted by molar-refractivity contribution is -0.111. The van der Waals surface area contributed by atoms with E-state index in [0.717, 1.165) is 5.56 Å². The molecule has 2 N–H and O–H groups in total. The summed E-state index contributed by atoms with van der Waals surface area (Å²) < 4.78 is 40.2. The minimum atomic E-state index is -2.33. The minimum Gasteiger partial charge on any atom is -0.302 e. The predicted octanol–water partition coefficient (Wildman–Crippen LogP) is 1.74. The van der Waals surface area contributed by atoms with Crippen molar-refractivity contribution in [3.05, 3.63) is 52.0 Å². The van der Waals surface area contributed by atoms with Crippen LogP contribution in [0.15, 0.2) is 45.7 Å². The SMILES string of the molecule is O=C1C2=Cc3cc(S(=O)O)ccc3C2=CC=C1S(=O)O. The predicted molar refractivity (Wildman–Crippen MR) is 75.3 cm³/mol. The highest BCUT2D eigenvalue weighted by atomic mass is 32.2. The molecular formula is C13H8O5S2. The van der Waals surface area contributed by atoms with Crippen molar-refractivity contribution in [2.24, 2.45) is 0 Å². The number of rotatable bonds is 2. The second kappa shape index (κ2) is 4.71. The molecule has 20 heavy (non-hydrogen) atoms. The average Bonchev–Trinajstić information content (AvgIpc) is 2.77. The minimum absolute atomic E-state index is 0.168. The summed E-state index contributed by atoms with van der Waals surface area (Å²) in [7, 11) is 0. The summed E-state index contributed by atoms with van der Waals surface area (Å²) in [6.45, 7) is 0. The van der Waals surface area contributed by atoms with Crippen LogP contribution in [0.2, 0.25) is 0 Å². The smallest absolute Gasteiger partial charge is 0.204 e. The van der Waals surface area contributed by atoms with Crippen molar-refractivity contribution in [3.63, 3.8) is 0 Å². The number of Topliss-reactive ketones (excluding diaryl/α,β-unsaturated/α-hetero) is 1. The number of hydrogen-bond donors (Lipinski definition) is 2. The lowest BCUT2D eigenvalue weighted by Crippen LogP contribution is -2.12. The van der Waals surface area contributed by atoms with Gasteiger partial charge in [0.15, 0.2) is 22.2 Å². The van der Waals surface area contributed by atoms with Crippen LogP contribution in [0.3, 0.4) is 0 Å². The first-order chi connectivity index (χ1) is 9.49. The number of carbonyl (C=O) groups excluding carboxylic acids is 1. The molecule has 0 radical (unpaired) electrons. The van der Waals surface area contributed by atoms with E-state index in [9.17, 15) is 13.2 Å². The fourth-order valence-corrected chi connectivity index (χ4v) is 3.13. The molecule has 2 atom stereocenters. The van der Waals surface area contributed by atoms with Gasteiger partial charge >= 0.3 is 0 Å². The third-order valence-corrected chi connectivity index (χ3v) is 4.52. The number of hydrogen-bond acceptors (Lipinski definition) is 3. The Hall–Kier alpha value is -1.67. The van der Waals surface area contributed by atoms with E-state index in [2.05, 4.69) is 0 Å². The number of ketones is 1. The molecule has 5 nitrogen and oxygen atoms in total. The first-order valence-electron chi connectivity index (χ1n) is 5.54. The molecule has 2 aliphatic rings. The molecule has 0 aromatic heterocycles. The van der Waals surface area contributed by atoms with Crippen molar-refractivity contribution in [1.29, 1.82) is 0 Å². The van der Waals surface area contributed by atoms with E-state index in [1.807, 2.05) is 0 Å². The monoisotopic (exact) mass is 308 g/mol. The highest BCUT2D eigenvalue weighted by Crippen LogP contribution is 2.40. The van der Waals surface area contributed by atoms with E-state index in [0.29, 0.717) is 16.7 Å². The molecule has 0 spiro atoms. The fourth-order valence-electron chi connectivity index (χ4n) is 2.26. The summed E-state index contributed by atoms with van der Waals surface area (Å²) in [5.74, 6) is -0.494. The van der Waals surface area contributed by atoms with Crippen LogP contribution in [-0.2, 0) is 27.0 Å². The van der Waals surface area contributed by atoms with E-state index in [1.165, 1.54) is 18.2 Å². The topological polar surface area (TPSA) is 91.7 Å². The van der Waals surface area contributed by atoms with Gasteiger partial charge in [-0.25, -0.2) is 8.42 Å². The molecule has 2 aliphatic carbocycles. The first kappa shape index (κ1) is 13.3. The molecule has 2 unspecified atom stereocenters. The van der Waals surface area contributed by atoms with Crippen LogP contribution in [0.1, 0.15) is 11.1 Å². The van der Waals surface area contributed by atoms with Gasteiger partial charge in [-0.3, -0.25) is 4.79 Å². The Kier molecular flexibility index (Phi) is 3.14. The molecule has 0 saturated carbocycles.